The summed E-state index contributed by atoms with van der Waals surface area (Å²) in [5, 5.41) is 8.12. The Kier molecular flexibility index (Phi) is 8.59. The summed E-state index contributed by atoms with van der Waals surface area (Å²) in [7, 11) is 0. The van der Waals surface area contributed by atoms with Crippen molar-refractivity contribution in [1.82, 2.24) is 10.6 Å². The van der Waals surface area contributed by atoms with Crippen molar-refractivity contribution in [2.24, 2.45) is 4.99 Å². The number of hydrogen-bond acceptors (Lipinski definition) is 4. The first-order valence-corrected chi connectivity index (χ1v) is 11.4. The molecule has 0 amide bonds. The standard InChI is InChI=1S/C22H29N3O2S.HI/c1-28-18-9-8-16(15-18)24-22(23-12-10-17-5-4-13-26-17)25-20-11-14-27-21-7-3-2-6-19(20)21;/h2-7,13,16,18,20H,8-12,14-15H2,1H3,(H2,23,24,25);1H. The molecule has 29 heavy (non-hydrogen) atoms. The summed E-state index contributed by atoms with van der Waals surface area (Å²) in [5.74, 6) is 2.85. The molecule has 5 nitrogen and oxygen atoms in total. The number of benzene rings is 1. The minimum atomic E-state index is 0. The van der Waals surface area contributed by atoms with Gasteiger partial charge in [0, 0.05) is 36.2 Å². The smallest absolute Gasteiger partial charge is 0.191 e. The van der Waals surface area contributed by atoms with E-state index in [9.17, 15) is 0 Å². The molecule has 1 aliphatic heterocycles. The zero-order valence-corrected chi connectivity index (χ0v) is 20.0. The Morgan fingerprint density at radius 3 is 2.83 bits per heavy atom. The van der Waals surface area contributed by atoms with E-state index in [0.29, 0.717) is 12.6 Å². The highest BCUT2D eigenvalue weighted by Gasteiger charge is 2.26. The topological polar surface area (TPSA) is 58.8 Å². The number of thioether (sulfide) groups is 1. The predicted octanol–water partition coefficient (Wildman–Crippen LogP) is 4.78. The fourth-order valence-electron chi connectivity index (χ4n) is 4.00. The Labute approximate surface area is 194 Å². The van der Waals surface area contributed by atoms with Gasteiger partial charge >= 0.3 is 0 Å². The van der Waals surface area contributed by atoms with Gasteiger partial charge in [0.1, 0.15) is 11.5 Å². The number of halogens is 1. The zero-order valence-electron chi connectivity index (χ0n) is 16.8. The lowest BCUT2D eigenvalue weighted by atomic mass is 10.0. The van der Waals surface area contributed by atoms with Gasteiger partial charge in [0.25, 0.3) is 0 Å². The zero-order chi connectivity index (χ0) is 19.2. The van der Waals surface area contributed by atoms with Crippen LogP contribution in [0.25, 0.3) is 0 Å². The lowest BCUT2D eigenvalue weighted by molar-refractivity contribution is 0.261. The SMILES string of the molecule is CSC1CCC(NC(=NCCc2ccco2)NC2CCOc3ccccc32)C1.I. The van der Waals surface area contributed by atoms with Crippen molar-refractivity contribution < 1.29 is 9.15 Å². The van der Waals surface area contributed by atoms with E-state index < -0.39 is 0 Å². The lowest BCUT2D eigenvalue weighted by Gasteiger charge is -2.29. The van der Waals surface area contributed by atoms with Crippen LogP contribution in [0.1, 0.15) is 43.0 Å². The molecule has 2 heterocycles. The van der Waals surface area contributed by atoms with E-state index in [1.165, 1.54) is 24.8 Å². The van der Waals surface area contributed by atoms with Crippen molar-refractivity contribution in [2.75, 3.05) is 19.4 Å². The molecular formula is C22H30IN3O2S. The van der Waals surface area contributed by atoms with Gasteiger partial charge in [-0.1, -0.05) is 18.2 Å². The number of guanidine groups is 1. The van der Waals surface area contributed by atoms with E-state index in [4.69, 9.17) is 14.1 Å². The molecule has 1 saturated carbocycles. The number of furan rings is 1. The largest absolute Gasteiger partial charge is 0.493 e. The Bertz CT molecular complexity index is 784. The number of aliphatic imine (C=N–C) groups is 1. The number of ether oxygens (including phenoxy) is 1. The molecule has 1 fully saturated rings. The maximum Gasteiger partial charge on any atom is 0.191 e. The monoisotopic (exact) mass is 527 g/mol. The second-order valence-electron chi connectivity index (χ2n) is 7.44. The van der Waals surface area contributed by atoms with Gasteiger partial charge in [0.2, 0.25) is 0 Å². The normalized spacial score (nSPS) is 23.6. The van der Waals surface area contributed by atoms with Crippen LogP contribution in [-0.2, 0) is 6.42 Å². The average molecular weight is 527 g/mol. The first-order chi connectivity index (χ1) is 13.8. The number of rotatable bonds is 6. The van der Waals surface area contributed by atoms with Crippen molar-refractivity contribution in [3.63, 3.8) is 0 Å². The third-order valence-electron chi connectivity index (χ3n) is 5.54. The van der Waals surface area contributed by atoms with Gasteiger partial charge in [-0.05, 0) is 43.7 Å². The summed E-state index contributed by atoms with van der Waals surface area (Å²) in [6, 6.07) is 12.9. The molecule has 0 spiro atoms. The maximum absolute atomic E-state index is 5.81. The molecule has 0 saturated heterocycles. The van der Waals surface area contributed by atoms with E-state index in [1.807, 2.05) is 36.0 Å². The third kappa shape index (κ3) is 6.07. The van der Waals surface area contributed by atoms with Gasteiger partial charge < -0.3 is 19.8 Å². The minimum Gasteiger partial charge on any atom is -0.493 e. The van der Waals surface area contributed by atoms with Crippen LogP contribution in [0.4, 0.5) is 0 Å². The van der Waals surface area contributed by atoms with Crippen LogP contribution >= 0.6 is 35.7 Å². The summed E-state index contributed by atoms with van der Waals surface area (Å²) in [5.41, 5.74) is 1.21. The molecule has 3 unspecified atom stereocenters. The molecule has 3 atom stereocenters. The summed E-state index contributed by atoms with van der Waals surface area (Å²) in [6.45, 7) is 1.43. The molecule has 7 heteroatoms. The van der Waals surface area contributed by atoms with Crippen LogP contribution in [0, 0.1) is 0 Å². The summed E-state index contributed by atoms with van der Waals surface area (Å²) in [6.07, 6.45) is 9.35. The van der Waals surface area contributed by atoms with Crippen LogP contribution in [0.2, 0.25) is 0 Å². The van der Waals surface area contributed by atoms with Gasteiger partial charge in [-0.25, -0.2) is 0 Å². The lowest BCUT2D eigenvalue weighted by Crippen LogP contribution is -2.45. The summed E-state index contributed by atoms with van der Waals surface area (Å²) < 4.78 is 11.3. The quantitative estimate of drug-likeness (QED) is 0.322. The number of fused-ring (bicyclic) bond motifs is 1. The molecule has 1 aromatic heterocycles. The van der Waals surface area contributed by atoms with Crippen LogP contribution in [0.3, 0.4) is 0 Å². The highest BCUT2D eigenvalue weighted by Crippen LogP contribution is 2.32. The van der Waals surface area contributed by atoms with E-state index in [0.717, 1.165) is 42.2 Å². The van der Waals surface area contributed by atoms with Gasteiger partial charge in [0.15, 0.2) is 5.96 Å². The van der Waals surface area contributed by atoms with E-state index in [-0.39, 0.29) is 30.0 Å². The Morgan fingerprint density at radius 1 is 1.14 bits per heavy atom. The fourth-order valence-corrected chi connectivity index (χ4v) is 4.80. The number of nitrogens with one attached hydrogen (secondary N) is 2. The second-order valence-corrected chi connectivity index (χ2v) is 8.58. The van der Waals surface area contributed by atoms with Gasteiger partial charge in [-0.2, -0.15) is 11.8 Å². The van der Waals surface area contributed by atoms with Crippen molar-refractivity contribution in [3.8, 4) is 5.75 Å². The van der Waals surface area contributed by atoms with Gasteiger partial charge in [-0.3, -0.25) is 4.99 Å². The van der Waals surface area contributed by atoms with Crippen LogP contribution in [0.5, 0.6) is 5.75 Å². The molecule has 4 rings (SSSR count). The van der Waals surface area contributed by atoms with E-state index in [2.05, 4.69) is 29.0 Å². The van der Waals surface area contributed by atoms with E-state index in [1.54, 1.807) is 6.26 Å². The van der Waals surface area contributed by atoms with Crippen LogP contribution in [-0.4, -0.2) is 36.7 Å². The second kappa shape index (κ2) is 11.2. The molecule has 2 N–H and O–H groups in total. The number of hydrogen-bond donors (Lipinski definition) is 2. The van der Waals surface area contributed by atoms with Crippen molar-refractivity contribution >= 4 is 41.7 Å². The van der Waals surface area contributed by atoms with Gasteiger partial charge in [-0.15, -0.1) is 24.0 Å². The maximum atomic E-state index is 5.81. The molecule has 2 aliphatic rings. The molecule has 1 aromatic carbocycles. The first kappa shape index (κ1) is 22.3. The third-order valence-corrected chi connectivity index (χ3v) is 6.63. The number of nitrogens with zero attached hydrogens (tertiary/aromatic N) is 1. The van der Waals surface area contributed by atoms with Crippen molar-refractivity contribution in [2.45, 2.75) is 49.4 Å². The molecule has 1 aliphatic carbocycles. The minimum absolute atomic E-state index is 0. The van der Waals surface area contributed by atoms with E-state index >= 15 is 0 Å². The van der Waals surface area contributed by atoms with Crippen molar-refractivity contribution in [3.05, 3.63) is 54.0 Å². The Balaban J connectivity index is 0.00000240. The summed E-state index contributed by atoms with van der Waals surface area (Å²) in [4.78, 5) is 4.87. The Hall–Kier alpha value is -1.35. The fraction of sp³-hybridized carbons (Fsp3) is 0.500. The van der Waals surface area contributed by atoms with Crippen LogP contribution < -0.4 is 15.4 Å². The number of para-hydroxylation sites is 1. The molecular weight excluding hydrogens is 497 g/mol. The van der Waals surface area contributed by atoms with Crippen molar-refractivity contribution in [1.29, 1.82) is 0 Å². The highest BCUT2D eigenvalue weighted by molar-refractivity contribution is 14.0. The average Bonchev–Trinajstić information content (AvgIpc) is 3.40. The molecule has 0 bridgehead atoms. The molecule has 0 radical (unpaired) electrons. The Morgan fingerprint density at radius 2 is 2.03 bits per heavy atom. The predicted molar refractivity (Wildman–Crippen MR) is 131 cm³/mol. The summed E-state index contributed by atoms with van der Waals surface area (Å²) >= 11 is 1.98. The molecule has 158 valence electrons. The van der Waals surface area contributed by atoms with Crippen LogP contribution in [0.15, 0.2) is 52.1 Å². The first-order valence-electron chi connectivity index (χ1n) is 10.2. The van der Waals surface area contributed by atoms with Gasteiger partial charge in [0.05, 0.1) is 18.9 Å². The highest BCUT2D eigenvalue weighted by atomic mass is 127. The molecule has 2 aromatic rings.